The number of aryl methyl sites for hydroxylation is 1. The number of amides is 2. The minimum atomic E-state index is -2.95. The zero-order valence-corrected chi connectivity index (χ0v) is 20.1. The van der Waals surface area contributed by atoms with Crippen LogP contribution in [0.4, 0.5) is 5.95 Å². The van der Waals surface area contributed by atoms with Crippen molar-refractivity contribution in [2.75, 3.05) is 31.6 Å². The molecule has 194 valence electrons. The molecule has 3 aromatic rings. The van der Waals surface area contributed by atoms with Crippen molar-refractivity contribution in [1.82, 2.24) is 19.4 Å². The Hall–Kier alpha value is -3.72. The van der Waals surface area contributed by atoms with E-state index in [0.717, 1.165) is 0 Å². The molecular formula is C28H33N5O4. The number of nitrogens with zero attached hydrogens (tertiary/aromatic N) is 4. The van der Waals surface area contributed by atoms with Crippen LogP contribution in [0.2, 0.25) is 0 Å². The van der Waals surface area contributed by atoms with Crippen LogP contribution in [0.5, 0.6) is 5.75 Å². The van der Waals surface area contributed by atoms with Crippen molar-refractivity contribution in [1.29, 1.82) is 0 Å². The molecule has 5 rings (SSSR count). The van der Waals surface area contributed by atoms with Gasteiger partial charge in [0.15, 0.2) is 0 Å². The van der Waals surface area contributed by atoms with Crippen molar-refractivity contribution in [3.05, 3.63) is 60.3 Å². The number of para-hydroxylation sites is 1. The number of carbonyl (C=O) groups excluding carboxylic acids is 2. The summed E-state index contributed by atoms with van der Waals surface area (Å²) in [5.41, 5.74) is -1.57. The number of nitrogens with one attached hydrogen (secondary N) is 1. The quantitative estimate of drug-likeness (QED) is 0.494. The fourth-order valence-corrected chi connectivity index (χ4v) is 4.58. The molecule has 9 heteroatoms. The van der Waals surface area contributed by atoms with E-state index < -0.39 is 79.1 Å². The van der Waals surface area contributed by atoms with E-state index in [0.29, 0.717) is 32.2 Å². The van der Waals surface area contributed by atoms with Crippen molar-refractivity contribution < 1.29 is 32.8 Å². The van der Waals surface area contributed by atoms with Gasteiger partial charge < -0.3 is 18.9 Å². The van der Waals surface area contributed by atoms with Crippen molar-refractivity contribution in [3.8, 4) is 5.75 Å². The fourth-order valence-electron chi connectivity index (χ4n) is 4.58. The zero-order valence-electron chi connectivity index (χ0n) is 30.1. The van der Waals surface area contributed by atoms with Crippen LogP contribution >= 0.6 is 0 Å². The van der Waals surface area contributed by atoms with Gasteiger partial charge in [0.2, 0.25) is 11.9 Å². The van der Waals surface area contributed by atoms with Gasteiger partial charge in [0.25, 0.3) is 5.91 Å². The summed E-state index contributed by atoms with van der Waals surface area (Å²) in [7, 11) is 0. The van der Waals surface area contributed by atoms with Crippen LogP contribution in [0.25, 0.3) is 11.0 Å². The van der Waals surface area contributed by atoms with E-state index in [-0.39, 0.29) is 48.2 Å². The smallest absolute Gasteiger partial charge is 0.258 e. The first kappa shape index (κ1) is 15.5. The second-order valence-corrected chi connectivity index (χ2v) is 8.80. The number of rotatable bonds is 6. The Kier molecular flexibility index (Phi) is 4.66. The lowest BCUT2D eigenvalue weighted by Crippen LogP contribution is -2.34. The molecule has 2 aliphatic heterocycles. The lowest BCUT2D eigenvalue weighted by atomic mass is 10.1. The van der Waals surface area contributed by atoms with Gasteiger partial charge in [-0.15, -0.1) is 0 Å². The SMILES string of the molecule is [2H]c1nc(C([2H])([2H])[2H])c([2H])c(C(=O)Nc2nc3c([2H])c([2H])c([2H])c(OC4CCOC([2H])C4)c3n2C2CCCCN(C(=O)C=C)C2)c1[2H]. The summed E-state index contributed by atoms with van der Waals surface area (Å²) in [6, 6.07) is -3.61. The number of aromatic nitrogens is 3. The molecule has 3 unspecified atom stereocenters. The van der Waals surface area contributed by atoms with Crippen molar-refractivity contribution in [2.45, 2.75) is 51.1 Å². The molecule has 2 aliphatic rings. The number of anilines is 1. The monoisotopic (exact) mass is 513 g/mol. The van der Waals surface area contributed by atoms with E-state index in [4.69, 9.17) is 23.2 Å². The van der Waals surface area contributed by atoms with Gasteiger partial charge in [0.1, 0.15) is 17.4 Å². The molecular weight excluding hydrogens is 470 g/mol. The first-order chi connectivity index (χ1) is 22.1. The Morgan fingerprint density at radius 1 is 1.32 bits per heavy atom. The molecule has 0 saturated carbocycles. The fraction of sp³-hybridized carbons (Fsp3) is 0.429. The topological polar surface area (TPSA) is 98.6 Å². The number of ether oxygens (including phenoxy) is 2. The lowest BCUT2D eigenvalue weighted by Gasteiger charge is -2.27. The second-order valence-electron chi connectivity index (χ2n) is 8.80. The Balaban J connectivity index is 1.72. The number of pyridine rings is 1. The summed E-state index contributed by atoms with van der Waals surface area (Å²) in [5.74, 6) is -1.81. The van der Waals surface area contributed by atoms with Gasteiger partial charge in [-0.05, 0) is 56.4 Å². The number of benzene rings is 1. The van der Waals surface area contributed by atoms with Gasteiger partial charge in [-0.1, -0.05) is 12.6 Å². The molecule has 2 amide bonds. The van der Waals surface area contributed by atoms with E-state index >= 15 is 0 Å². The molecule has 9 nitrogen and oxygen atoms in total. The largest absolute Gasteiger partial charge is 0.488 e. The Morgan fingerprint density at radius 3 is 3.08 bits per heavy atom. The molecule has 1 N–H and O–H groups in total. The first-order valence-corrected chi connectivity index (χ1v) is 12.1. The van der Waals surface area contributed by atoms with Gasteiger partial charge in [-0.25, -0.2) is 4.98 Å². The predicted octanol–water partition coefficient (Wildman–Crippen LogP) is 4.29. The average Bonchev–Trinajstić information content (AvgIpc) is 3.20. The molecule has 2 aromatic heterocycles. The maximum atomic E-state index is 13.8. The van der Waals surface area contributed by atoms with Crippen LogP contribution in [0.3, 0.4) is 0 Å². The van der Waals surface area contributed by atoms with Gasteiger partial charge in [0.05, 0.1) is 34.3 Å². The van der Waals surface area contributed by atoms with Gasteiger partial charge in [-0.3, -0.25) is 19.9 Å². The zero-order chi connectivity index (χ0) is 34.4. The minimum Gasteiger partial charge on any atom is -0.488 e. The molecule has 3 atom stereocenters. The molecule has 4 heterocycles. The summed E-state index contributed by atoms with van der Waals surface area (Å²) in [6.07, 6.45) is 2.07. The molecule has 0 bridgehead atoms. The van der Waals surface area contributed by atoms with Crippen molar-refractivity contribution in [2.24, 2.45) is 0 Å². The lowest BCUT2D eigenvalue weighted by molar-refractivity contribution is -0.126. The number of fused-ring (bicyclic) bond motifs is 1. The third-order valence-corrected chi connectivity index (χ3v) is 6.34. The third-order valence-electron chi connectivity index (χ3n) is 6.34. The predicted molar refractivity (Wildman–Crippen MR) is 141 cm³/mol. The van der Waals surface area contributed by atoms with Crippen LogP contribution in [-0.4, -0.2) is 63.6 Å². The van der Waals surface area contributed by atoms with E-state index in [9.17, 15) is 9.59 Å². The van der Waals surface area contributed by atoms with Crippen LogP contribution in [0.1, 0.15) is 67.9 Å². The molecule has 0 spiro atoms. The maximum absolute atomic E-state index is 13.8. The molecule has 0 radical (unpaired) electrons. The molecule has 0 aliphatic carbocycles. The first-order valence-electron chi connectivity index (χ1n) is 17.1. The number of carbonyl (C=O) groups is 2. The molecule has 1 aromatic carbocycles. The number of imidazole rings is 1. The van der Waals surface area contributed by atoms with Gasteiger partial charge in [-0.2, -0.15) is 0 Å². The van der Waals surface area contributed by atoms with E-state index in [1.54, 1.807) is 4.90 Å². The highest BCUT2D eigenvalue weighted by atomic mass is 16.5. The van der Waals surface area contributed by atoms with E-state index in [2.05, 4.69) is 21.9 Å². The van der Waals surface area contributed by atoms with Crippen molar-refractivity contribution >= 4 is 28.8 Å². The third kappa shape index (κ3) is 5.51. The van der Waals surface area contributed by atoms with Gasteiger partial charge in [0, 0.05) is 47.5 Å². The van der Waals surface area contributed by atoms with E-state index in [1.165, 1.54) is 10.6 Å². The Bertz CT molecular complexity index is 1750. The Labute approximate surface area is 230 Å². The normalized spacial score (nSPS) is 26.5. The summed E-state index contributed by atoms with van der Waals surface area (Å²) in [6.45, 7) is 0.517. The van der Waals surface area contributed by atoms with Crippen LogP contribution in [-0.2, 0) is 9.53 Å². The standard InChI is InChI=1S/C28H33N5O4/c1-3-25(34)32-14-5-4-7-21(18-32)33-26-23(8-6-9-24(26)37-22-11-15-36-16-12-22)30-28(33)31-27(35)20-10-13-29-19(2)17-20/h3,6,8-10,13,17,21-22H,1,4-5,7,11-12,14-16,18H2,2H3,(H,30,31,35)/i2D3,6D,8D,9D,10D,13D,15D,17D. The highest BCUT2D eigenvalue weighted by Crippen LogP contribution is 2.36. The van der Waals surface area contributed by atoms with E-state index in [1.807, 2.05) is 0 Å². The van der Waals surface area contributed by atoms with Gasteiger partial charge >= 0.3 is 0 Å². The number of likely N-dealkylation sites (tertiary alicyclic amines) is 1. The number of hydrogen-bond donors (Lipinski definition) is 1. The summed E-state index contributed by atoms with van der Waals surface area (Å²) in [5, 5.41) is 2.53. The highest BCUT2D eigenvalue weighted by Gasteiger charge is 2.28. The van der Waals surface area contributed by atoms with Crippen molar-refractivity contribution in [3.63, 3.8) is 0 Å². The summed E-state index contributed by atoms with van der Waals surface area (Å²) in [4.78, 5) is 36.1. The molecule has 37 heavy (non-hydrogen) atoms. The summed E-state index contributed by atoms with van der Waals surface area (Å²) < 4.78 is 94.9. The highest BCUT2D eigenvalue weighted by molar-refractivity contribution is 6.04. The number of hydrogen-bond acceptors (Lipinski definition) is 6. The van der Waals surface area contributed by atoms with Crippen LogP contribution < -0.4 is 10.1 Å². The van der Waals surface area contributed by atoms with Crippen LogP contribution in [0, 0.1) is 6.85 Å². The minimum absolute atomic E-state index is 0.0912. The molecule has 2 saturated heterocycles. The average molecular weight is 514 g/mol. The van der Waals surface area contributed by atoms with Crippen LogP contribution in [0.15, 0.2) is 49.0 Å². The Morgan fingerprint density at radius 2 is 2.24 bits per heavy atom. The molecule has 2 fully saturated rings. The summed E-state index contributed by atoms with van der Waals surface area (Å²) >= 11 is 0. The maximum Gasteiger partial charge on any atom is 0.258 e. The second kappa shape index (κ2) is 11.1.